The minimum Gasteiger partial charge on any atom is -0.489 e. The van der Waals surface area contributed by atoms with Crippen LogP contribution in [0.5, 0.6) is 5.75 Å². The summed E-state index contributed by atoms with van der Waals surface area (Å²) < 4.78 is 7.05. The second-order valence-corrected chi connectivity index (χ2v) is 4.86. The van der Waals surface area contributed by atoms with Crippen LogP contribution in [-0.2, 0) is 6.61 Å². The first-order valence-electron chi connectivity index (χ1n) is 6.93. The topological polar surface area (TPSA) is 57.0 Å². The fraction of sp³-hybridized carbons (Fsp3) is 0.118. The quantitative estimate of drug-likeness (QED) is 0.742. The molecule has 0 bridgehead atoms. The smallest absolute Gasteiger partial charge is 0.279 e. The van der Waals surface area contributed by atoms with Gasteiger partial charge in [0.15, 0.2) is 0 Å². The van der Waals surface area contributed by atoms with Crippen molar-refractivity contribution in [1.29, 1.82) is 0 Å². The molecule has 22 heavy (non-hydrogen) atoms. The van der Waals surface area contributed by atoms with Gasteiger partial charge in [-0.1, -0.05) is 41.6 Å². The molecule has 0 fully saturated rings. The maximum atomic E-state index is 12.4. The Labute approximate surface area is 128 Å². The van der Waals surface area contributed by atoms with Crippen molar-refractivity contribution >= 4 is 5.91 Å². The number of benzene rings is 2. The van der Waals surface area contributed by atoms with Gasteiger partial charge in [-0.15, -0.1) is 5.10 Å². The standard InChI is InChI=1S/C17H15N3O2/c1-13-6-2-5-9-16(13)22-12-14-7-3-4-8-15(14)17(21)20-11-10-18-19-20/h2-11H,12H2,1H3. The van der Waals surface area contributed by atoms with E-state index in [1.165, 1.54) is 17.1 Å². The van der Waals surface area contributed by atoms with Crippen LogP contribution in [0, 0.1) is 6.92 Å². The summed E-state index contributed by atoms with van der Waals surface area (Å²) in [6.07, 6.45) is 3.01. The zero-order valence-corrected chi connectivity index (χ0v) is 12.1. The third-order valence-electron chi connectivity index (χ3n) is 3.36. The lowest BCUT2D eigenvalue weighted by Crippen LogP contribution is -2.15. The first kappa shape index (κ1) is 14.0. The number of ether oxygens (including phenoxy) is 1. The van der Waals surface area contributed by atoms with Crippen LogP contribution in [0.4, 0.5) is 0 Å². The summed E-state index contributed by atoms with van der Waals surface area (Å²) in [5.41, 5.74) is 2.43. The Hall–Kier alpha value is -2.95. The van der Waals surface area contributed by atoms with Gasteiger partial charge in [0.1, 0.15) is 12.4 Å². The second-order valence-electron chi connectivity index (χ2n) is 4.86. The van der Waals surface area contributed by atoms with Crippen LogP contribution in [0.25, 0.3) is 0 Å². The monoisotopic (exact) mass is 293 g/mol. The summed E-state index contributed by atoms with van der Waals surface area (Å²) >= 11 is 0. The van der Waals surface area contributed by atoms with Crippen molar-refractivity contribution in [3.63, 3.8) is 0 Å². The van der Waals surface area contributed by atoms with Gasteiger partial charge in [0, 0.05) is 11.1 Å². The maximum absolute atomic E-state index is 12.4. The summed E-state index contributed by atoms with van der Waals surface area (Å²) in [6, 6.07) is 15.1. The van der Waals surface area contributed by atoms with Crippen molar-refractivity contribution in [2.24, 2.45) is 0 Å². The average molecular weight is 293 g/mol. The summed E-state index contributed by atoms with van der Waals surface area (Å²) in [5, 5.41) is 7.41. The van der Waals surface area contributed by atoms with Gasteiger partial charge in [-0.05, 0) is 24.6 Å². The average Bonchev–Trinajstić information content (AvgIpc) is 3.08. The summed E-state index contributed by atoms with van der Waals surface area (Å²) in [7, 11) is 0. The van der Waals surface area contributed by atoms with Crippen LogP contribution >= 0.6 is 0 Å². The third kappa shape index (κ3) is 2.88. The van der Waals surface area contributed by atoms with Gasteiger partial charge < -0.3 is 4.74 Å². The highest BCUT2D eigenvalue weighted by Gasteiger charge is 2.14. The van der Waals surface area contributed by atoms with E-state index in [2.05, 4.69) is 10.3 Å². The van der Waals surface area contributed by atoms with Crippen LogP contribution in [0.15, 0.2) is 60.9 Å². The molecule has 0 unspecified atom stereocenters. The molecule has 5 nitrogen and oxygen atoms in total. The molecule has 0 spiro atoms. The zero-order chi connectivity index (χ0) is 15.4. The van der Waals surface area contributed by atoms with Crippen LogP contribution in [-0.4, -0.2) is 20.9 Å². The molecule has 2 aromatic carbocycles. The number of rotatable bonds is 4. The highest BCUT2D eigenvalue weighted by atomic mass is 16.5. The zero-order valence-electron chi connectivity index (χ0n) is 12.1. The molecule has 110 valence electrons. The Morgan fingerprint density at radius 2 is 1.91 bits per heavy atom. The van der Waals surface area contributed by atoms with Gasteiger partial charge in [0.05, 0.1) is 12.4 Å². The minimum atomic E-state index is -0.221. The molecule has 0 saturated carbocycles. The number of para-hydroxylation sites is 1. The summed E-state index contributed by atoms with van der Waals surface area (Å²) in [5.74, 6) is 0.590. The lowest BCUT2D eigenvalue weighted by molar-refractivity contribution is 0.0940. The van der Waals surface area contributed by atoms with Gasteiger partial charge >= 0.3 is 0 Å². The number of aromatic nitrogens is 3. The van der Waals surface area contributed by atoms with Crippen molar-refractivity contribution in [1.82, 2.24) is 15.0 Å². The third-order valence-corrected chi connectivity index (χ3v) is 3.36. The maximum Gasteiger partial charge on any atom is 0.279 e. The first-order chi connectivity index (χ1) is 10.8. The molecule has 0 aliphatic carbocycles. The molecule has 0 aliphatic rings. The molecule has 0 N–H and O–H groups in total. The lowest BCUT2D eigenvalue weighted by atomic mass is 10.1. The molecular formula is C17H15N3O2. The minimum absolute atomic E-state index is 0.221. The molecule has 0 saturated heterocycles. The van der Waals surface area contributed by atoms with E-state index in [-0.39, 0.29) is 5.91 Å². The number of hydrogen-bond acceptors (Lipinski definition) is 4. The number of nitrogens with zero attached hydrogens (tertiary/aromatic N) is 3. The number of hydrogen-bond donors (Lipinski definition) is 0. The van der Waals surface area contributed by atoms with Gasteiger partial charge in [-0.2, -0.15) is 4.68 Å². The van der Waals surface area contributed by atoms with E-state index >= 15 is 0 Å². The van der Waals surface area contributed by atoms with Gasteiger partial charge in [0.25, 0.3) is 5.91 Å². The molecule has 3 rings (SSSR count). The van der Waals surface area contributed by atoms with Gasteiger partial charge in [0.2, 0.25) is 0 Å². The Kier molecular flexibility index (Phi) is 3.96. The lowest BCUT2D eigenvalue weighted by Gasteiger charge is -2.11. The molecular weight excluding hydrogens is 278 g/mol. The molecule has 0 atom stereocenters. The Bertz CT molecular complexity index is 782. The van der Waals surface area contributed by atoms with E-state index in [4.69, 9.17) is 4.74 Å². The van der Waals surface area contributed by atoms with Gasteiger partial charge in [-0.25, -0.2) is 0 Å². The van der Waals surface area contributed by atoms with Gasteiger partial charge in [-0.3, -0.25) is 4.79 Å². The normalized spacial score (nSPS) is 10.4. The molecule has 3 aromatic rings. The Morgan fingerprint density at radius 3 is 2.68 bits per heavy atom. The van der Waals surface area contributed by atoms with E-state index in [0.717, 1.165) is 16.9 Å². The number of carbonyl (C=O) groups is 1. The van der Waals surface area contributed by atoms with Crippen LogP contribution in [0.1, 0.15) is 21.5 Å². The molecule has 5 heteroatoms. The van der Waals surface area contributed by atoms with Crippen molar-refractivity contribution < 1.29 is 9.53 Å². The van der Waals surface area contributed by atoms with Crippen molar-refractivity contribution in [2.75, 3.05) is 0 Å². The fourth-order valence-corrected chi connectivity index (χ4v) is 2.17. The van der Waals surface area contributed by atoms with E-state index in [1.807, 2.05) is 49.4 Å². The van der Waals surface area contributed by atoms with Crippen LogP contribution in [0.3, 0.4) is 0 Å². The second kappa shape index (κ2) is 6.22. The predicted molar refractivity (Wildman–Crippen MR) is 81.7 cm³/mol. The van der Waals surface area contributed by atoms with E-state index in [9.17, 15) is 4.79 Å². The fourth-order valence-electron chi connectivity index (χ4n) is 2.17. The summed E-state index contributed by atoms with van der Waals surface area (Å²) in [4.78, 5) is 12.4. The highest BCUT2D eigenvalue weighted by Crippen LogP contribution is 2.19. The molecule has 0 aliphatic heterocycles. The molecule has 0 radical (unpaired) electrons. The Balaban J connectivity index is 1.83. The van der Waals surface area contributed by atoms with E-state index in [1.54, 1.807) is 6.07 Å². The van der Waals surface area contributed by atoms with Crippen molar-refractivity contribution in [3.8, 4) is 5.75 Å². The van der Waals surface area contributed by atoms with Crippen LogP contribution in [0.2, 0.25) is 0 Å². The molecule has 1 aromatic heterocycles. The van der Waals surface area contributed by atoms with E-state index in [0.29, 0.717) is 12.2 Å². The number of aryl methyl sites for hydroxylation is 1. The van der Waals surface area contributed by atoms with E-state index < -0.39 is 0 Å². The largest absolute Gasteiger partial charge is 0.489 e. The molecule has 1 heterocycles. The molecule has 0 amide bonds. The SMILES string of the molecule is Cc1ccccc1OCc1ccccc1C(=O)n1ccnn1. The number of carbonyl (C=O) groups excluding carboxylic acids is 1. The predicted octanol–water partition coefficient (Wildman–Crippen LogP) is 2.85. The Morgan fingerprint density at radius 1 is 1.14 bits per heavy atom. The van der Waals surface area contributed by atoms with Crippen molar-refractivity contribution in [2.45, 2.75) is 13.5 Å². The first-order valence-corrected chi connectivity index (χ1v) is 6.93. The van der Waals surface area contributed by atoms with Crippen LogP contribution < -0.4 is 4.74 Å². The summed E-state index contributed by atoms with van der Waals surface area (Å²) in [6.45, 7) is 2.31. The highest BCUT2D eigenvalue weighted by molar-refractivity contribution is 5.96. The van der Waals surface area contributed by atoms with Crippen molar-refractivity contribution in [3.05, 3.63) is 77.6 Å².